The Morgan fingerprint density at radius 1 is 1.08 bits per heavy atom. The molecule has 0 radical (unpaired) electrons. The van der Waals surface area contributed by atoms with E-state index in [0.29, 0.717) is 5.92 Å². The maximum Gasteiger partial charge on any atom is 0.154 e. The largest absolute Gasteiger partial charge is 0.496 e. The second kappa shape index (κ2) is 6.13. The number of benzene rings is 1. The van der Waals surface area contributed by atoms with Crippen molar-refractivity contribution in [3.8, 4) is 5.75 Å². The molecular weight excluding hydrogens is 312 g/mol. The number of nitrogens with zero attached hydrogens (tertiary/aromatic N) is 4. The highest BCUT2D eigenvalue weighted by atomic mass is 16.5. The predicted molar refractivity (Wildman–Crippen MR) is 96.0 cm³/mol. The van der Waals surface area contributed by atoms with Gasteiger partial charge in [-0.2, -0.15) is 5.10 Å². The van der Waals surface area contributed by atoms with Gasteiger partial charge >= 0.3 is 0 Å². The summed E-state index contributed by atoms with van der Waals surface area (Å²) in [5, 5.41) is 4.75. The first kappa shape index (κ1) is 15.4. The van der Waals surface area contributed by atoms with Crippen molar-refractivity contribution in [2.45, 2.75) is 57.5 Å². The molecule has 1 aromatic carbocycles. The van der Waals surface area contributed by atoms with E-state index in [1.165, 1.54) is 54.6 Å². The summed E-state index contributed by atoms with van der Waals surface area (Å²) in [5.41, 5.74) is 4.33. The van der Waals surface area contributed by atoms with Crippen molar-refractivity contribution < 1.29 is 4.74 Å². The number of rotatable bonds is 4. The van der Waals surface area contributed by atoms with E-state index in [-0.39, 0.29) is 0 Å². The highest BCUT2D eigenvalue weighted by molar-refractivity contribution is 5.44. The van der Waals surface area contributed by atoms with Crippen LogP contribution in [-0.2, 0) is 32.4 Å². The maximum atomic E-state index is 5.68. The van der Waals surface area contributed by atoms with Crippen LogP contribution in [0, 0.1) is 0 Å². The molecule has 2 aromatic rings. The lowest BCUT2D eigenvalue weighted by molar-refractivity contribution is 0.263. The summed E-state index contributed by atoms with van der Waals surface area (Å²) in [4.78, 5) is 7.32. The fourth-order valence-electron chi connectivity index (χ4n) is 4.24. The highest BCUT2D eigenvalue weighted by Crippen LogP contribution is 2.38. The topological polar surface area (TPSA) is 43.2 Å². The average molecular weight is 338 g/mol. The van der Waals surface area contributed by atoms with Gasteiger partial charge in [0.15, 0.2) is 5.82 Å². The third kappa shape index (κ3) is 2.95. The first-order valence-electron chi connectivity index (χ1n) is 9.65. The van der Waals surface area contributed by atoms with Crippen LogP contribution < -0.4 is 4.74 Å². The standard InChI is InChI=1S/C20H26N4O/c1-25-18-12-16-4-2-3-15(16)11-17(18)13-23-8-7-19-21-20(14-5-6-14)22-24(19)10-9-23/h11-12,14H,2-10,13H2,1H3. The minimum atomic E-state index is 0.645. The number of hydrogen-bond donors (Lipinski definition) is 0. The van der Waals surface area contributed by atoms with Crippen LogP contribution in [0.5, 0.6) is 5.75 Å². The van der Waals surface area contributed by atoms with Crippen molar-refractivity contribution in [3.63, 3.8) is 0 Å². The summed E-state index contributed by atoms with van der Waals surface area (Å²) >= 11 is 0. The molecule has 132 valence electrons. The molecule has 1 aromatic heterocycles. The number of hydrogen-bond acceptors (Lipinski definition) is 4. The van der Waals surface area contributed by atoms with Gasteiger partial charge in [-0.05, 0) is 49.3 Å². The number of aromatic nitrogens is 3. The molecule has 0 spiro atoms. The summed E-state index contributed by atoms with van der Waals surface area (Å²) in [6, 6.07) is 4.65. The normalized spacial score (nSPS) is 20.2. The average Bonchev–Trinajstić information content (AvgIpc) is 3.29. The Morgan fingerprint density at radius 2 is 1.92 bits per heavy atom. The summed E-state index contributed by atoms with van der Waals surface area (Å²) in [6.07, 6.45) is 7.23. The first-order valence-corrected chi connectivity index (χ1v) is 9.65. The van der Waals surface area contributed by atoms with Gasteiger partial charge in [-0.1, -0.05) is 6.07 Å². The van der Waals surface area contributed by atoms with E-state index in [1.807, 2.05) is 0 Å². The second-order valence-corrected chi connectivity index (χ2v) is 7.70. The Balaban J connectivity index is 1.31. The van der Waals surface area contributed by atoms with Crippen LogP contribution in [0.15, 0.2) is 12.1 Å². The van der Waals surface area contributed by atoms with Crippen LogP contribution in [0.3, 0.4) is 0 Å². The highest BCUT2D eigenvalue weighted by Gasteiger charge is 2.29. The molecule has 2 aliphatic carbocycles. The van der Waals surface area contributed by atoms with E-state index < -0.39 is 0 Å². The monoisotopic (exact) mass is 338 g/mol. The number of fused-ring (bicyclic) bond motifs is 2. The fourth-order valence-corrected chi connectivity index (χ4v) is 4.24. The fraction of sp³-hybridized carbons (Fsp3) is 0.600. The van der Waals surface area contributed by atoms with E-state index >= 15 is 0 Å². The van der Waals surface area contributed by atoms with Gasteiger partial charge in [0.05, 0.1) is 13.7 Å². The van der Waals surface area contributed by atoms with Crippen LogP contribution in [0.1, 0.15) is 53.5 Å². The molecule has 0 amide bonds. The summed E-state index contributed by atoms with van der Waals surface area (Å²) in [5.74, 6) is 3.96. The molecule has 0 atom stereocenters. The lowest BCUT2D eigenvalue weighted by Crippen LogP contribution is -2.27. The molecule has 0 unspecified atom stereocenters. The molecule has 0 bridgehead atoms. The number of aryl methyl sites for hydroxylation is 2. The smallest absolute Gasteiger partial charge is 0.154 e. The van der Waals surface area contributed by atoms with E-state index in [1.54, 1.807) is 7.11 Å². The van der Waals surface area contributed by atoms with Gasteiger partial charge in [0.1, 0.15) is 11.6 Å². The minimum absolute atomic E-state index is 0.645. The molecule has 1 saturated carbocycles. The van der Waals surface area contributed by atoms with Gasteiger partial charge in [-0.3, -0.25) is 4.90 Å². The molecule has 0 N–H and O–H groups in total. The van der Waals surface area contributed by atoms with Gasteiger partial charge in [0, 0.05) is 37.5 Å². The van der Waals surface area contributed by atoms with Crippen molar-refractivity contribution in [1.29, 1.82) is 0 Å². The zero-order valence-electron chi connectivity index (χ0n) is 15.0. The van der Waals surface area contributed by atoms with Gasteiger partial charge < -0.3 is 4.74 Å². The van der Waals surface area contributed by atoms with Gasteiger partial charge in [-0.15, -0.1) is 0 Å². The summed E-state index contributed by atoms with van der Waals surface area (Å²) in [7, 11) is 1.79. The zero-order valence-corrected chi connectivity index (χ0v) is 15.0. The molecule has 2 heterocycles. The minimum Gasteiger partial charge on any atom is -0.496 e. The SMILES string of the molecule is COc1cc2c(cc1CN1CCc3nc(C4CC4)nn3CC1)CCC2. The molecule has 5 nitrogen and oxygen atoms in total. The summed E-state index contributed by atoms with van der Waals surface area (Å²) < 4.78 is 7.83. The van der Waals surface area contributed by atoms with Crippen molar-refractivity contribution in [3.05, 3.63) is 40.5 Å². The lowest BCUT2D eigenvalue weighted by atomic mass is 10.0. The van der Waals surface area contributed by atoms with E-state index in [2.05, 4.69) is 21.7 Å². The third-order valence-corrected chi connectivity index (χ3v) is 5.88. The number of ether oxygens (including phenoxy) is 1. The molecular formula is C20H26N4O. The van der Waals surface area contributed by atoms with Crippen molar-refractivity contribution >= 4 is 0 Å². The predicted octanol–water partition coefficient (Wildman–Crippen LogP) is 2.71. The maximum absolute atomic E-state index is 5.68. The van der Waals surface area contributed by atoms with Gasteiger partial charge in [0.2, 0.25) is 0 Å². The van der Waals surface area contributed by atoms with Crippen molar-refractivity contribution in [1.82, 2.24) is 19.7 Å². The molecule has 1 aliphatic heterocycles. The number of methoxy groups -OCH3 is 1. The van der Waals surface area contributed by atoms with Crippen molar-refractivity contribution in [2.24, 2.45) is 0 Å². The van der Waals surface area contributed by atoms with E-state index in [0.717, 1.165) is 44.2 Å². The Bertz CT molecular complexity index is 768. The first-order chi connectivity index (χ1) is 12.3. The summed E-state index contributed by atoms with van der Waals surface area (Å²) in [6.45, 7) is 3.98. The van der Waals surface area contributed by atoms with Crippen LogP contribution in [0.2, 0.25) is 0 Å². The molecule has 0 saturated heterocycles. The second-order valence-electron chi connectivity index (χ2n) is 7.70. The Labute approximate surface area is 149 Å². The zero-order chi connectivity index (χ0) is 16.8. The molecule has 5 heteroatoms. The Morgan fingerprint density at radius 3 is 2.72 bits per heavy atom. The third-order valence-electron chi connectivity index (χ3n) is 5.88. The lowest BCUT2D eigenvalue weighted by Gasteiger charge is -2.21. The Hall–Kier alpha value is -1.88. The molecule has 25 heavy (non-hydrogen) atoms. The van der Waals surface area contributed by atoms with Gasteiger partial charge in [-0.25, -0.2) is 9.67 Å². The molecule has 5 rings (SSSR count). The van der Waals surface area contributed by atoms with E-state index in [9.17, 15) is 0 Å². The Kier molecular flexibility index (Phi) is 3.77. The quantitative estimate of drug-likeness (QED) is 0.860. The van der Waals surface area contributed by atoms with Crippen LogP contribution in [0.4, 0.5) is 0 Å². The van der Waals surface area contributed by atoms with Crippen LogP contribution in [-0.4, -0.2) is 39.9 Å². The molecule has 1 fully saturated rings. The van der Waals surface area contributed by atoms with Crippen LogP contribution >= 0.6 is 0 Å². The van der Waals surface area contributed by atoms with Crippen molar-refractivity contribution in [2.75, 3.05) is 20.2 Å². The van der Waals surface area contributed by atoms with E-state index in [4.69, 9.17) is 14.8 Å². The molecule has 3 aliphatic rings. The van der Waals surface area contributed by atoms with Crippen LogP contribution in [0.25, 0.3) is 0 Å². The van der Waals surface area contributed by atoms with Gasteiger partial charge in [0.25, 0.3) is 0 Å².